The molecule has 0 aliphatic carbocycles. The summed E-state index contributed by atoms with van der Waals surface area (Å²) in [6.07, 6.45) is 0. The van der Waals surface area contributed by atoms with Gasteiger partial charge in [0.25, 0.3) is 5.91 Å². The molecule has 0 atom stereocenters. The molecular weight excluding hydrogens is 116 g/mol. The first-order valence-corrected chi connectivity index (χ1v) is 2.86. The van der Waals surface area contributed by atoms with Crippen LogP contribution >= 0.6 is 0 Å². The molecule has 0 radical (unpaired) electrons. The largest absolute Gasteiger partial charge is 0.273 e. The van der Waals surface area contributed by atoms with Crippen LogP contribution in [0.3, 0.4) is 0 Å². The maximum absolute atomic E-state index is 10.9. The van der Waals surface area contributed by atoms with Gasteiger partial charge in [0.05, 0.1) is 6.54 Å². The Morgan fingerprint density at radius 2 is 2.11 bits per heavy atom. The molecule has 1 aliphatic heterocycles. The predicted molar refractivity (Wildman–Crippen MR) is 34.3 cm³/mol. The summed E-state index contributed by atoms with van der Waals surface area (Å²) in [4.78, 5) is 10.9. The van der Waals surface area contributed by atoms with Gasteiger partial charge in [0.1, 0.15) is 0 Å². The summed E-state index contributed by atoms with van der Waals surface area (Å²) in [5.74, 6) is 5.25. The van der Waals surface area contributed by atoms with Crippen molar-refractivity contribution in [2.24, 2.45) is 5.84 Å². The number of nitrogens with two attached hydrogens (primary N) is 1. The minimum atomic E-state index is -0.0486. The minimum absolute atomic E-state index is 0.0486. The number of hydrogen-bond acceptors (Lipinski definition) is 2. The second kappa shape index (κ2) is 1.84. The van der Waals surface area contributed by atoms with Crippen molar-refractivity contribution in [1.29, 1.82) is 0 Å². The Labute approximate surface area is 54.1 Å². The summed E-state index contributed by atoms with van der Waals surface area (Å²) >= 11 is 0. The Morgan fingerprint density at radius 1 is 1.56 bits per heavy atom. The molecule has 0 aromatic rings. The van der Waals surface area contributed by atoms with Gasteiger partial charge in [-0.15, -0.1) is 0 Å². The molecule has 0 saturated heterocycles. The average Bonchev–Trinajstić information content (AvgIpc) is 1.98. The van der Waals surface area contributed by atoms with Crippen LogP contribution in [0.25, 0.3) is 0 Å². The Morgan fingerprint density at radius 3 is 2.22 bits per heavy atom. The summed E-state index contributed by atoms with van der Waals surface area (Å²) < 4.78 is 0. The monoisotopic (exact) mass is 126 g/mol. The van der Waals surface area contributed by atoms with Crippen LogP contribution < -0.4 is 5.84 Å². The molecular formula is C6H10N2O. The van der Waals surface area contributed by atoms with Crippen molar-refractivity contribution < 1.29 is 4.79 Å². The quantitative estimate of drug-likeness (QED) is 0.368. The van der Waals surface area contributed by atoms with Gasteiger partial charge in [-0.2, -0.15) is 0 Å². The van der Waals surface area contributed by atoms with E-state index in [1.807, 2.05) is 6.92 Å². The molecule has 50 valence electrons. The fourth-order valence-electron chi connectivity index (χ4n) is 0.844. The summed E-state index contributed by atoms with van der Waals surface area (Å²) in [6, 6.07) is 0. The van der Waals surface area contributed by atoms with Gasteiger partial charge in [-0.1, -0.05) is 0 Å². The van der Waals surface area contributed by atoms with E-state index in [9.17, 15) is 4.79 Å². The van der Waals surface area contributed by atoms with Gasteiger partial charge in [-0.05, 0) is 19.4 Å². The normalized spacial score (nSPS) is 19.9. The second-order valence-corrected chi connectivity index (χ2v) is 2.34. The van der Waals surface area contributed by atoms with E-state index in [1.165, 1.54) is 5.01 Å². The molecule has 9 heavy (non-hydrogen) atoms. The molecule has 1 rings (SSSR count). The van der Waals surface area contributed by atoms with Crippen LogP contribution in [-0.4, -0.2) is 17.5 Å². The van der Waals surface area contributed by atoms with Gasteiger partial charge in [-0.3, -0.25) is 9.80 Å². The zero-order valence-corrected chi connectivity index (χ0v) is 5.64. The summed E-state index contributed by atoms with van der Waals surface area (Å²) in [5, 5.41) is 1.23. The molecule has 2 N–H and O–H groups in total. The van der Waals surface area contributed by atoms with Crippen LogP contribution in [0.15, 0.2) is 11.1 Å². The van der Waals surface area contributed by atoms with Gasteiger partial charge in [-0.25, -0.2) is 5.84 Å². The van der Waals surface area contributed by atoms with Crippen molar-refractivity contribution in [3.05, 3.63) is 11.1 Å². The van der Waals surface area contributed by atoms with Gasteiger partial charge in [0.2, 0.25) is 0 Å². The van der Waals surface area contributed by atoms with E-state index in [2.05, 4.69) is 0 Å². The standard InChI is InChI=1S/C6H10N2O/c1-4-3-8(7)6(9)5(4)2/h3,7H2,1-2H3. The first kappa shape index (κ1) is 6.29. The summed E-state index contributed by atoms with van der Waals surface area (Å²) in [7, 11) is 0. The fraction of sp³-hybridized carbons (Fsp3) is 0.500. The number of rotatable bonds is 0. The maximum Gasteiger partial charge on any atom is 0.263 e. The highest BCUT2D eigenvalue weighted by atomic mass is 16.2. The number of hydrazine groups is 1. The van der Waals surface area contributed by atoms with Crippen LogP contribution in [0.4, 0.5) is 0 Å². The van der Waals surface area contributed by atoms with E-state index in [1.54, 1.807) is 6.92 Å². The molecule has 3 heteroatoms. The lowest BCUT2D eigenvalue weighted by Crippen LogP contribution is -2.33. The molecule has 0 unspecified atom stereocenters. The third-order valence-electron chi connectivity index (χ3n) is 1.63. The van der Waals surface area contributed by atoms with Crippen molar-refractivity contribution in [2.75, 3.05) is 6.54 Å². The summed E-state index contributed by atoms with van der Waals surface area (Å²) in [5.41, 5.74) is 1.86. The lowest BCUT2D eigenvalue weighted by Gasteiger charge is -2.05. The number of amides is 1. The van der Waals surface area contributed by atoms with Crippen LogP contribution in [0.2, 0.25) is 0 Å². The Bertz CT molecular complexity index is 183. The number of nitrogens with zero attached hydrogens (tertiary/aromatic N) is 1. The molecule has 3 nitrogen and oxygen atoms in total. The molecule has 1 amide bonds. The number of carbonyl (C=O) groups excluding carboxylic acids is 1. The first-order valence-electron chi connectivity index (χ1n) is 2.86. The minimum Gasteiger partial charge on any atom is -0.273 e. The van der Waals surface area contributed by atoms with Crippen molar-refractivity contribution in [3.8, 4) is 0 Å². The lowest BCUT2D eigenvalue weighted by molar-refractivity contribution is -0.125. The Balaban J connectivity index is 2.87. The first-order chi connectivity index (χ1) is 4.13. The third kappa shape index (κ3) is 0.833. The van der Waals surface area contributed by atoms with Gasteiger partial charge >= 0.3 is 0 Å². The zero-order valence-electron chi connectivity index (χ0n) is 5.64. The van der Waals surface area contributed by atoms with Crippen LogP contribution in [0, 0.1) is 0 Å². The smallest absolute Gasteiger partial charge is 0.263 e. The van der Waals surface area contributed by atoms with Gasteiger partial charge in [0.15, 0.2) is 0 Å². The predicted octanol–water partition coefficient (Wildman–Crippen LogP) is 0.0387. The molecule has 1 aliphatic rings. The molecule has 0 bridgehead atoms. The zero-order chi connectivity index (χ0) is 7.02. The van der Waals surface area contributed by atoms with Crippen molar-refractivity contribution in [3.63, 3.8) is 0 Å². The fourth-order valence-corrected chi connectivity index (χ4v) is 0.844. The van der Waals surface area contributed by atoms with E-state index < -0.39 is 0 Å². The topological polar surface area (TPSA) is 46.3 Å². The Hall–Kier alpha value is -0.830. The van der Waals surface area contributed by atoms with Crippen LogP contribution in [0.1, 0.15) is 13.8 Å². The second-order valence-electron chi connectivity index (χ2n) is 2.34. The highest BCUT2D eigenvalue weighted by Crippen LogP contribution is 2.13. The molecule has 0 fully saturated rings. The van der Waals surface area contributed by atoms with Crippen molar-refractivity contribution in [1.82, 2.24) is 5.01 Å². The van der Waals surface area contributed by atoms with Gasteiger partial charge < -0.3 is 0 Å². The van der Waals surface area contributed by atoms with Gasteiger partial charge in [0, 0.05) is 5.57 Å². The Kier molecular flexibility index (Phi) is 1.29. The third-order valence-corrected chi connectivity index (χ3v) is 1.63. The average molecular weight is 126 g/mol. The molecule has 1 heterocycles. The van der Waals surface area contributed by atoms with Crippen LogP contribution in [0.5, 0.6) is 0 Å². The maximum atomic E-state index is 10.9. The molecule has 0 aromatic carbocycles. The van der Waals surface area contributed by atoms with Crippen molar-refractivity contribution in [2.45, 2.75) is 13.8 Å². The van der Waals surface area contributed by atoms with E-state index in [4.69, 9.17) is 5.84 Å². The van der Waals surface area contributed by atoms with E-state index >= 15 is 0 Å². The summed E-state index contributed by atoms with van der Waals surface area (Å²) in [6.45, 7) is 4.30. The molecule has 0 saturated carbocycles. The SMILES string of the molecule is CC1=C(C)C(=O)N(N)C1. The molecule has 0 spiro atoms. The highest BCUT2D eigenvalue weighted by Gasteiger charge is 2.21. The number of carbonyl (C=O) groups is 1. The van der Waals surface area contributed by atoms with E-state index in [-0.39, 0.29) is 5.91 Å². The molecule has 0 aromatic heterocycles. The van der Waals surface area contributed by atoms with E-state index in [0.717, 1.165) is 11.1 Å². The van der Waals surface area contributed by atoms with E-state index in [0.29, 0.717) is 6.54 Å². The lowest BCUT2D eigenvalue weighted by atomic mass is 10.2. The highest BCUT2D eigenvalue weighted by molar-refractivity contribution is 5.95. The number of hydrogen-bond donors (Lipinski definition) is 1. The van der Waals surface area contributed by atoms with Crippen LogP contribution in [-0.2, 0) is 4.79 Å². The van der Waals surface area contributed by atoms with Crippen molar-refractivity contribution >= 4 is 5.91 Å².